The molecule has 0 atom stereocenters. The number of rotatable bonds is 6. The first-order valence-corrected chi connectivity index (χ1v) is 16.2. The summed E-state index contributed by atoms with van der Waals surface area (Å²) in [7, 11) is 0. The van der Waals surface area contributed by atoms with Gasteiger partial charge in [-0.05, 0) is 83.3 Å². The molecular weight excluding hydrogens is 650 g/mol. The molecule has 0 fully saturated rings. The van der Waals surface area contributed by atoms with Gasteiger partial charge >= 0.3 is 12.4 Å². The highest BCUT2D eigenvalue weighted by Crippen LogP contribution is 2.48. The molecule has 0 radical (unpaired) electrons. The SMILES string of the molecule is Cc1ccc(-c2ccc(Oc3cc(C(C)(C)C)c(Oc4ccc(-c5ccc(C)cc5)cc4C(F)(F)F)cc3C(C)(C)C)c(C(F)(F)F)c2)cc1. The molecule has 8 heteroatoms. The summed E-state index contributed by atoms with van der Waals surface area (Å²) in [6, 6.07) is 25.4. The van der Waals surface area contributed by atoms with Gasteiger partial charge in [-0.2, -0.15) is 26.3 Å². The van der Waals surface area contributed by atoms with Crippen molar-refractivity contribution in [2.75, 3.05) is 0 Å². The zero-order valence-corrected chi connectivity index (χ0v) is 29.3. The van der Waals surface area contributed by atoms with Crippen LogP contribution in [0.4, 0.5) is 26.3 Å². The molecule has 0 aliphatic heterocycles. The topological polar surface area (TPSA) is 18.5 Å². The monoisotopic (exact) mass is 690 g/mol. The molecule has 0 unspecified atom stereocenters. The summed E-state index contributed by atoms with van der Waals surface area (Å²) in [5.74, 6) is -0.486. The number of hydrogen-bond acceptors (Lipinski definition) is 2. The Hall–Kier alpha value is -4.72. The third-order valence-corrected chi connectivity index (χ3v) is 8.48. The van der Waals surface area contributed by atoms with Crippen molar-refractivity contribution in [2.24, 2.45) is 0 Å². The number of ether oxygens (including phenoxy) is 2. The van der Waals surface area contributed by atoms with Gasteiger partial charge in [-0.15, -0.1) is 0 Å². The van der Waals surface area contributed by atoms with E-state index in [1.165, 1.54) is 12.1 Å². The number of benzene rings is 5. The summed E-state index contributed by atoms with van der Waals surface area (Å²) in [5, 5.41) is 0. The van der Waals surface area contributed by atoms with Crippen molar-refractivity contribution in [1.29, 1.82) is 0 Å². The summed E-state index contributed by atoms with van der Waals surface area (Å²) >= 11 is 0. The normalized spacial score (nSPS) is 12.6. The van der Waals surface area contributed by atoms with E-state index >= 15 is 0 Å². The molecule has 5 aromatic rings. The lowest BCUT2D eigenvalue weighted by Crippen LogP contribution is -2.18. The van der Waals surface area contributed by atoms with Crippen LogP contribution in [-0.2, 0) is 23.2 Å². The highest BCUT2D eigenvalue weighted by atomic mass is 19.4. The molecule has 262 valence electrons. The highest BCUT2D eigenvalue weighted by Gasteiger charge is 2.38. The minimum absolute atomic E-state index is 0.147. The standard InChI is InChI=1S/C42H40F6O2/c1-25-9-13-27(14-10-25)29-17-19-35(33(21-29)41(43,44)45)49-37-23-32(40(6,7)8)38(24-31(37)39(3,4)5)50-36-20-18-30(22-34(36)42(46,47)48)28-15-11-26(2)12-16-28/h9-24H,1-8H3. The van der Waals surface area contributed by atoms with Gasteiger partial charge in [0.2, 0.25) is 0 Å². The first-order chi connectivity index (χ1) is 23.1. The second-order valence-electron chi connectivity index (χ2n) is 14.7. The van der Waals surface area contributed by atoms with E-state index in [1.54, 1.807) is 48.5 Å². The van der Waals surface area contributed by atoms with Gasteiger partial charge < -0.3 is 9.47 Å². The maximum absolute atomic E-state index is 14.5. The Kier molecular flexibility index (Phi) is 9.65. The van der Waals surface area contributed by atoms with Gasteiger partial charge in [-0.1, -0.05) is 113 Å². The average Bonchev–Trinajstić information content (AvgIpc) is 3.00. The van der Waals surface area contributed by atoms with Crippen LogP contribution in [0.5, 0.6) is 23.0 Å². The van der Waals surface area contributed by atoms with Crippen molar-refractivity contribution < 1.29 is 35.8 Å². The quantitative estimate of drug-likeness (QED) is 0.165. The van der Waals surface area contributed by atoms with Crippen molar-refractivity contribution in [3.63, 3.8) is 0 Å². The predicted molar refractivity (Wildman–Crippen MR) is 187 cm³/mol. The van der Waals surface area contributed by atoms with Crippen LogP contribution in [0.2, 0.25) is 0 Å². The Bertz CT molecular complexity index is 1840. The molecule has 50 heavy (non-hydrogen) atoms. The summed E-state index contributed by atoms with van der Waals surface area (Å²) in [6.45, 7) is 14.9. The van der Waals surface area contributed by atoms with E-state index in [1.807, 2.05) is 79.7 Å². The lowest BCUT2D eigenvalue weighted by atomic mass is 9.80. The van der Waals surface area contributed by atoms with Crippen LogP contribution in [0, 0.1) is 13.8 Å². The molecule has 0 amide bonds. The number of aryl methyl sites for hydroxylation is 2. The van der Waals surface area contributed by atoms with Crippen LogP contribution in [0.15, 0.2) is 97.1 Å². The molecule has 0 N–H and O–H groups in total. The van der Waals surface area contributed by atoms with Gasteiger partial charge in [0.1, 0.15) is 23.0 Å². The van der Waals surface area contributed by atoms with Crippen molar-refractivity contribution in [3.05, 3.63) is 130 Å². The molecular formula is C42H40F6O2. The minimum Gasteiger partial charge on any atom is -0.456 e. The zero-order chi connectivity index (χ0) is 36.8. The lowest BCUT2D eigenvalue weighted by Gasteiger charge is -2.30. The fourth-order valence-corrected chi connectivity index (χ4v) is 5.67. The molecule has 0 saturated carbocycles. The highest BCUT2D eigenvalue weighted by molar-refractivity contribution is 5.68. The van der Waals surface area contributed by atoms with Crippen molar-refractivity contribution in [1.82, 2.24) is 0 Å². The molecule has 0 saturated heterocycles. The predicted octanol–water partition coefficient (Wildman–Crippen LogP) is 13.9. The fraction of sp³-hybridized carbons (Fsp3) is 0.286. The number of halogens is 6. The van der Waals surface area contributed by atoms with Gasteiger partial charge in [0.05, 0.1) is 11.1 Å². The number of alkyl halides is 6. The second-order valence-corrected chi connectivity index (χ2v) is 14.7. The molecule has 2 nitrogen and oxygen atoms in total. The zero-order valence-electron chi connectivity index (χ0n) is 29.3. The van der Waals surface area contributed by atoms with Crippen LogP contribution in [0.25, 0.3) is 22.3 Å². The largest absolute Gasteiger partial charge is 0.456 e. The average molecular weight is 691 g/mol. The summed E-state index contributed by atoms with van der Waals surface area (Å²) in [6.07, 6.45) is -9.46. The Balaban J connectivity index is 1.63. The summed E-state index contributed by atoms with van der Waals surface area (Å²) in [4.78, 5) is 0. The first kappa shape index (κ1) is 36.6. The number of hydrogen-bond donors (Lipinski definition) is 0. The maximum atomic E-state index is 14.5. The van der Waals surface area contributed by atoms with E-state index in [9.17, 15) is 26.3 Å². The summed E-state index contributed by atoms with van der Waals surface area (Å²) < 4.78 is 99.4. The molecule has 5 aromatic carbocycles. The summed E-state index contributed by atoms with van der Waals surface area (Å²) in [5.41, 5.74) is 1.61. The van der Waals surface area contributed by atoms with E-state index in [2.05, 4.69) is 0 Å². The van der Waals surface area contributed by atoms with Gasteiger partial charge in [-0.25, -0.2) is 0 Å². The third-order valence-electron chi connectivity index (χ3n) is 8.48. The van der Waals surface area contributed by atoms with E-state index in [0.717, 1.165) is 23.3 Å². The molecule has 0 heterocycles. The van der Waals surface area contributed by atoms with Crippen LogP contribution in [0.3, 0.4) is 0 Å². The van der Waals surface area contributed by atoms with Crippen LogP contribution in [-0.4, -0.2) is 0 Å². The van der Waals surface area contributed by atoms with Crippen LogP contribution in [0.1, 0.15) is 74.9 Å². The van der Waals surface area contributed by atoms with Crippen molar-refractivity contribution >= 4 is 0 Å². The Morgan fingerprint density at radius 3 is 0.940 bits per heavy atom. The first-order valence-electron chi connectivity index (χ1n) is 16.2. The molecule has 0 aromatic heterocycles. The van der Waals surface area contributed by atoms with Crippen LogP contribution < -0.4 is 9.47 Å². The lowest BCUT2D eigenvalue weighted by molar-refractivity contribution is -0.139. The molecule has 0 spiro atoms. The van der Waals surface area contributed by atoms with Crippen LogP contribution >= 0.6 is 0 Å². The van der Waals surface area contributed by atoms with Gasteiger partial charge in [0.25, 0.3) is 0 Å². The van der Waals surface area contributed by atoms with E-state index in [-0.39, 0.29) is 11.5 Å². The van der Waals surface area contributed by atoms with E-state index in [4.69, 9.17) is 9.47 Å². The molecule has 0 bridgehead atoms. The Labute approximate surface area is 289 Å². The Morgan fingerprint density at radius 2 is 0.660 bits per heavy atom. The second kappa shape index (κ2) is 13.2. The Morgan fingerprint density at radius 1 is 0.360 bits per heavy atom. The fourth-order valence-electron chi connectivity index (χ4n) is 5.67. The maximum Gasteiger partial charge on any atom is 0.420 e. The smallest absolute Gasteiger partial charge is 0.420 e. The molecule has 0 aliphatic rings. The van der Waals surface area contributed by atoms with Crippen molar-refractivity contribution in [2.45, 2.75) is 78.6 Å². The molecule has 5 rings (SSSR count). The molecule has 0 aliphatic carbocycles. The van der Waals surface area contributed by atoms with Gasteiger partial charge in [-0.3, -0.25) is 0 Å². The van der Waals surface area contributed by atoms with Crippen molar-refractivity contribution in [3.8, 4) is 45.3 Å². The third kappa shape index (κ3) is 8.18. The van der Waals surface area contributed by atoms with Gasteiger partial charge in [0, 0.05) is 11.1 Å². The van der Waals surface area contributed by atoms with E-state index < -0.39 is 45.8 Å². The van der Waals surface area contributed by atoms with Gasteiger partial charge in [0.15, 0.2) is 0 Å². The minimum atomic E-state index is -4.73. The van der Waals surface area contributed by atoms with E-state index in [0.29, 0.717) is 33.4 Å².